The van der Waals surface area contributed by atoms with E-state index < -0.39 is 0 Å². The van der Waals surface area contributed by atoms with Crippen LogP contribution in [0.3, 0.4) is 0 Å². The maximum atomic E-state index is 2.45. The predicted molar refractivity (Wildman–Crippen MR) is 412 cm³/mol. The fourth-order valence-electron chi connectivity index (χ4n) is 15.1. The first-order chi connectivity index (χ1) is 49.0. The first-order valence-corrected chi connectivity index (χ1v) is 36.1. The second kappa shape index (κ2) is 24.5. The molecule has 19 rings (SSSR count). The van der Waals surface area contributed by atoms with Gasteiger partial charge in [-0.25, -0.2) is 0 Å². The number of benzene rings is 16. The fraction of sp³-hybridized carbons (Fsp3) is 0. The summed E-state index contributed by atoms with van der Waals surface area (Å²) in [5.74, 6) is 0. The van der Waals surface area contributed by atoms with Crippen LogP contribution in [0.1, 0.15) is 0 Å². The van der Waals surface area contributed by atoms with Gasteiger partial charge in [0, 0.05) is 0 Å². The van der Waals surface area contributed by atoms with Gasteiger partial charge >= 0.3 is 284 Å². The van der Waals surface area contributed by atoms with Crippen molar-refractivity contribution in [1.29, 1.82) is 0 Å². The molecule has 464 valence electrons. The van der Waals surface area contributed by atoms with Gasteiger partial charge in [-0.15, -0.1) is 0 Å². The molecule has 0 amide bonds. The molecule has 0 saturated heterocycles. The summed E-state index contributed by atoms with van der Waals surface area (Å²) in [6.07, 6.45) is 0. The number of aromatic nitrogens is 2. The van der Waals surface area contributed by atoms with E-state index in [1.807, 2.05) is 0 Å². The van der Waals surface area contributed by atoms with Gasteiger partial charge in [0.15, 0.2) is 0 Å². The maximum absolute atomic E-state index is 2.45. The molecule has 2 nitrogen and oxygen atoms in total. The van der Waals surface area contributed by atoms with Crippen LogP contribution in [0.2, 0.25) is 0 Å². The summed E-state index contributed by atoms with van der Waals surface area (Å²) >= 11 is -0.322. The molecule has 0 bridgehead atoms. The first kappa shape index (κ1) is 58.2. The molecule has 0 fully saturated rings. The molecule has 0 aliphatic carbocycles. The second-order valence-corrected chi connectivity index (χ2v) is 28.8. The molecule has 3 heterocycles. The van der Waals surface area contributed by atoms with E-state index in [2.05, 4.69) is 385 Å². The third-order valence-corrected chi connectivity index (χ3v) is 23.1. The van der Waals surface area contributed by atoms with Gasteiger partial charge in [-0.1, -0.05) is 194 Å². The number of rotatable bonds is 12. The van der Waals surface area contributed by atoms with Crippen molar-refractivity contribution in [3.8, 4) is 134 Å². The van der Waals surface area contributed by atoms with Crippen molar-refractivity contribution in [3.63, 3.8) is 0 Å². The van der Waals surface area contributed by atoms with E-state index in [0.29, 0.717) is 0 Å². The first-order valence-electron chi connectivity index (χ1n) is 34.0. The Balaban J connectivity index is 0.646. The van der Waals surface area contributed by atoms with Crippen molar-refractivity contribution in [1.82, 2.24) is 9.13 Å². The van der Waals surface area contributed by atoms with Crippen LogP contribution in [0.15, 0.2) is 376 Å². The summed E-state index contributed by atoms with van der Waals surface area (Å²) in [7, 11) is 0. The van der Waals surface area contributed by atoms with Crippen LogP contribution in [0.4, 0.5) is 0 Å². The standard InChI is InChI=1S/C96H62IN2/c1-5-17-63(18-6-1)69-25-13-29-73(53-69)79-39-49-93-87(59-79)88-60-80(74-30-14-26-70(54-74)64-19-7-2-8-20-64)40-50-94(88)98(93)83-43-33-67(34-44-83)77-37-47-91-85(57-77)86-58-78(38-48-92(86)97-91)68-35-45-84(46-36-68)99-95-51-41-81(75-31-15-27-71(55-75)65-21-9-3-10-22-65)61-89(95)90-62-82(42-52-96(90)99)76-32-16-28-72(56-76)66-23-11-4-12-24-66/h1-62H/q-1. The molecule has 0 radical (unpaired) electrons. The topological polar surface area (TPSA) is 9.86 Å². The van der Waals surface area contributed by atoms with Gasteiger partial charge < -0.3 is 0 Å². The van der Waals surface area contributed by atoms with Gasteiger partial charge in [0.25, 0.3) is 0 Å². The van der Waals surface area contributed by atoms with E-state index in [0.717, 1.165) is 11.4 Å². The van der Waals surface area contributed by atoms with E-state index in [1.165, 1.54) is 173 Å². The molecule has 0 atom stereocenters. The van der Waals surface area contributed by atoms with E-state index >= 15 is 0 Å². The summed E-state index contributed by atoms with van der Waals surface area (Å²) in [6, 6.07) is 139. The van der Waals surface area contributed by atoms with Gasteiger partial charge in [-0.3, -0.25) is 0 Å². The molecule has 2 aromatic heterocycles. The zero-order chi connectivity index (χ0) is 65.3. The Morgan fingerprint density at radius 3 is 0.626 bits per heavy atom. The van der Waals surface area contributed by atoms with Gasteiger partial charge in [0.2, 0.25) is 0 Å². The Morgan fingerprint density at radius 1 is 0.152 bits per heavy atom. The van der Waals surface area contributed by atoms with E-state index in [9.17, 15) is 0 Å². The number of halogens is 1. The van der Waals surface area contributed by atoms with Gasteiger partial charge in [-0.05, 0) is 113 Å². The zero-order valence-electron chi connectivity index (χ0n) is 54.1. The molecule has 99 heavy (non-hydrogen) atoms. The smallest absolute Gasteiger partial charge is 0.0465 e. The third-order valence-electron chi connectivity index (χ3n) is 20.1. The minimum atomic E-state index is -0.322. The number of hydrogen-bond acceptors (Lipinski definition) is 0. The van der Waals surface area contributed by atoms with Crippen LogP contribution >= 0.6 is 0 Å². The summed E-state index contributed by atoms with van der Waals surface area (Å²) in [5.41, 5.74) is 33.8. The molecule has 3 heteroatoms. The van der Waals surface area contributed by atoms with Crippen LogP contribution < -0.4 is 21.2 Å². The van der Waals surface area contributed by atoms with Crippen LogP contribution in [0.25, 0.3) is 177 Å². The molecule has 0 spiro atoms. The molecular formula is C96H62IN2-. The van der Waals surface area contributed by atoms with Crippen molar-refractivity contribution in [2.75, 3.05) is 0 Å². The Kier molecular flexibility index (Phi) is 14.4. The normalized spacial score (nSPS) is 11.9. The Hall–Kier alpha value is -12.2. The van der Waals surface area contributed by atoms with Crippen molar-refractivity contribution < 1.29 is 21.2 Å². The van der Waals surface area contributed by atoms with E-state index in [-0.39, 0.29) is 21.2 Å². The largest absolute Gasteiger partial charge is 0.0617 e. The summed E-state index contributed by atoms with van der Waals surface area (Å²) in [5, 5.41) is 4.90. The number of nitrogens with zero attached hydrogens (tertiary/aromatic N) is 2. The molecule has 0 saturated carbocycles. The fourth-order valence-corrected chi connectivity index (χ4v) is 17.9. The number of fused-ring (bicyclic) bond motifs is 9. The van der Waals surface area contributed by atoms with Crippen molar-refractivity contribution in [3.05, 3.63) is 383 Å². The van der Waals surface area contributed by atoms with Crippen LogP contribution in [0, 0.1) is 7.14 Å². The molecule has 0 unspecified atom stereocenters. The van der Waals surface area contributed by atoms with Gasteiger partial charge in [0.1, 0.15) is 0 Å². The summed E-state index contributed by atoms with van der Waals surface area (Å²) in [6.45, 7) is 0. The van der Waals surface area contributed by atoms with Gasteiger partial charge in [0.05, 0.1) is 0 Å². The maximum Gasteiger partial charge on any atom is -0.0465 e. The summed E-state index contributed by atoms with van der Waals surface area (Å²) in [4.78, 5) is 0. The quantitative estimate of drug-likeness (QED) is 0.108. The molecule has 1 aliphatic heterocycles. The van der Waals surface area contributed by atoms with Crippen molar-refractivity contribution >= 4 is 43.6 Å². The van der Waals surface area contributed by atoms with Gasteiger partial charge in [-0.2, -0.15) is 0 Å². The van der Waals surface area contributed by atoms with E-state index in [1.54, 1.807) is 0 Å². The van der Waals surface area contributed by atoms with Crippen LogP contribution in [-0.2, 0) is 0 Å². The average molecular weight is 1370 g/mol. The molecule has 16 aromatic carbocycles. The average Bonchev–Trinajstić information content (AvgIpc) is 1.60. The Bertz CT molecular complexity index is 5480. The predicted octanol–water partition coefficient (Wildman–Crippen LogP) is 22.7. The van der Waals surface area contributed by atoms with E-state index in [4.69, 9.17) is 0 Å². The van der Waals surface area contributed by atoms with Crippen molar-refractivity contribution in [2.45, 2.75) is 0 Å². The molecule has 1 aliphatic rings. The zero-order valence-corrected chi connectivity index (χ0v) is 56.2. The molecular weight excluding hydrogens is 1310 g/mol. The Labute approximate surface area is 586 Å². The van der Waals surface area contributed by atoms with Crippen molar-refractivity contribution in [2.24, 2.45) is 0 Å². The van der Waals surface area contributed by atoms with Crippen LogP contribution in [0.5, 0.6) is 0 Å². The van der Waals surface area contributed by atoms with Crippen LogP contribution in [-0.4, -0.2) is 9.13 Å². The minimum absolute atomic E-state index is 0.322. The number of hydrogen-bond donors (Lipinski definition) is 0. The second-order valence-electron chi connectivity index (χ2n) is 26.0. The molecule has 0 N–H and O–H groups in total. The molecule has 18 aromatic rings. The summed E-state index contributed by atoms with van der Waals surface area (Å²) < 4.78 is 7.86. The third kappa shape index (κ3) is 10.7. The monoisotopic (exact) mass is 1370 g/mol. The SMILES string of the molecule is c1ccc(-c2cccc(-c3ccc4c(c3)c3cc(-c5cccc(-c6ccccc6)c5)ccc3n4-c3ccc(-c4ccc5c(c4)-c4cc(-c6ccc(-n7c8ccc(-c9cccc(-c%10ccccc%10)c9)cc8c8cc(-c9cccc(-c%10ccccc%10)c9)ccc87)cc6)ccc4[I-]5)cc3)c2)cc1. The minimum Gasteiger partial charge on any atom is -0.0617 e. The Morgan fingerprint density at radius 2 is 0.354 bits per heavy atom.